The van der Waals surface area contributed by atoms with Gasteiger partial charge in [0, 0.05) is 31.0 Å². The minimum Gasteiger partial charge on any atom is -0.324 e. The van der Waals surface area contributed by atoms with E-state index in [1.807, 2.05) is 25.4 Å². The number of rotatable bonds is 7. The van der Waals surface area contributed by atoms with E-state index in [2.05, 4.69) is 32.8 Å². The fourth-order valence-electron chi connectivity index (χ4n) is 3.48. The average molecular weight is 355 g/mol. The zero-order valence-electron chi connectivity index (χ0n) is 15.7. The van der Waals surface area contributed by atoms with Gasteiger partial charge in [0.25, 0.3) is 0 Å². The summed E-state index contributed by atoms with van der Waals surface area (Å²) in [5, 5.41) is 10.2. The van der Waals surface area contributed by atoms with Gasteiger partial charge in [-0.15, -0.1) is 0 Å². The number of aromatic nitrogens is 2. The van der Waals surface area contributed by atoms with E-state index in [0.717, 1.165) is 24.2 Å². The first-order chi connectivity index (χ1) is 12.7. The molecule has 1 aliphatic rings. The monoisotopic (exact) mass is 355 g/mol. The number of likely N-dealkylation sites (tertiary alicyclic amines) is 1. The van der Waals surface area contributed by atoms with Gasteiger partial charge in [-0.3, -0.25) is 9.48 Å². The molecule has 1 saturated heterocycles. The maximum Gasteiger partial charge on any atom is 0.246 e. The maximum atomic E-state index is 12.6. The van der Waals surface area contributed by atoms with Crippen molar-refractivity contribution in [1.29, 1.82) is 0 Å². The first-order valence-electron chi connectivity index (χ1n) is 9.43. The van der Waals surface area contributed by atoms with Crippen LogP contribution in [0.1, 0.15) is 36.4 Å². The Kier molecular flexibility index (Phi) is 6.41. The SMILES string of the molecule is CNC(C(=O)Nc1ccc(CCN2CCCCC2)cc1)c1cnn(C)c1. The van der Waals surface area contributed by atoms with E-state index in [4.69, 9.17) is 0 Å². The summed E-state index contributed by atoms with van der Waals surface area (Å²) in [5.74, 6) is -0.0819. The van der Waals surface area contributed by atoms with Gasteiger partial charge in [0.2, 0.25) is 5.91 Å². The lowest BCUT2D eigenvalue weighted by atomic mass is 10.1. The number of carbonyl (C=O) groups is 1. The molecule has 0 aliphatic carbocycles. The molecule has 1 unspecified atom stereocenters. The summed E-state index contributed by atoms with van der Waals surface area (Å²) in [7, 11) is 3.62. The lowest BCUT2D eigenvalue weighted by Crippen LogP contribution is -2.31. The number of aryl methyl sites for hydroxylation is 1. The number of likely N-dealkylation sites (N-methyl/N-ethyl adjacent to an activating group) is 1. The fraction of sp³-hybridized carbons (Fsp3) is 0.500. The summed E-state index contributed by atoms with van der Waals surface area (Å²) in [4.78, 5) is 15.1. The third-order valence-electron chi connectivity index (χ3n) is 5.00. The number of nitrogens with zero attached hydrogens (tertiary/aromatic N) is 3. The highest BCUT2D eigenvalue weighted by molar-refractivity contribution is 5.95. The van der Waals surface area contributed by atoms with Crippen molar-refractivity contribution in [1.82, 2.24) is 20.0 Å². The van der Waals surface area contributed by atoms with Crippen molar-refractivity contribution < 1.29 is 4.79 Å². The average Bonchev–Trinajstić information content (AvgIpc) is 3.08. The van der Waals surface area contributed by atoms with E-state index >= 15 is 0 Å². The highest BCUT2D eigenvalue weighted by Crippen LogP contribution is 2.17. The first kappa shape index (κ1) is 18.6. The summed E-state index contributed by atoms with van der Waals surface area (Å²) in [6.07, 6.45) is 8.65. The molecule has 26 heavy (non-hydrogen) atoms. The van der Waals surface area contributed by atoms with Crippen LogP contribution in [-0.4, -0.2) is 47.3 Å². The molecule has 2 N–H and O–H groups in total. The quantitative estimate of drug-likeness (QED) is 0.800. The normalized spacial score (nSPS) is 16.4. The minimum absolute atomic E-state index is 0.0819. The van der Waals surface area contributed by atoms with Crippen molar-refractivity contribution >= 4 is 11.6 Å². The molecule has 1 aromatic heterocycles. The van der Waals surface area contributed by atoms with Crippen molar-refractivity contribution in [3.05, 3.63) is 47.8 Å². The molecule has 1 aliphatic heterocycles. The van der Waals surface area contributed by atoms with Gasteiger partial charge in [0.15, 0.2) is 0 Å². The standard InChI is InChI=1S/C20H29N5O/c1-21-19(17-14-22-24(2)15-17)20(26)23-18-8-6-16(7-9-18)10-13-25-11-4-3-5-12-25/h6-9,14-15,19,21H,3-5,10-13H2,1-2H3,(H,23,26). The maximum absolute atomic E-state index is 12.6. The third kappa shape index (κ3) is 4.93. The van der Waals surface area contributed by atoms with E-state index in [-0.39, 0.29) is 5.91 Å². The predicted octanol–water partition coefficient (Wildman–Crippen LogP) is 2.35. The van der Waals surface area contributed by atoms with Crippen LogP contribution in [-0.2, 0) is 18.3 Å². The van der Waals surface area contributed by atoms with E-state index in [9.17, 15) is 4.79 Å². The summed E-state index contributed by atoms with van der Waals surface area (Å²) in [6, 6.07) is 7.77. The zero-order chi connectivity index (χ0) is 18.4. The van der Waals surface area contributed by atoms with Gasteiger partial charge < -0.3 is 15.5 Å². The Morgan fingerprint density at radius 3 is 2.54 bits per heavy atom. The van der Waals surface area contributed by atoms with Crippen LogP contribution >= 0.6 is 0 Å². The topological polar surface area (TPSA) is 62.2 Å². The molecule has 0 spiro atoms. The van der Waals surface area contributed by atoms with Crippen LogP contribution in [0.5, 0.6) is 0 Å². The molecule has 6 nitrogen and oxygen atoms in total. The summed E-state index contributed by atoms with van der Waals surface area (Å²) < 4.78 is 1.70. The molecule has 2 aromatic rings. The lowest BCUT2D eigenvalue weighted by Gasteiger charge is -2.26. The number of amides is 1. The summed E-state index contributed by atoms with van der Waals surface area (Å²) in [6.45, 7) is 3.58. The number of benzene rings is 1. The van der Waals surface area contributed by atoms with E-state index in [1.165, 1.54) is 37.9 Å². The van der Waals surface area contributed by atoms with E-state index in [0.29, 0.717) is 0 Å². The Morgan fingerprint density at radius 1 is 1.19 bits per heavy atom. The molecule has 0 bridgehead atoms. The van der Waals surface area contributed by atoms with Gasteiger partial charge in [-0.1, -0.05) is 18.6 Å². The van der Waals surface area contributed by atoms with Crippen LogP contribution in [0.4, 0.5) is 5.69 Å². The Labute approximate surface area is 155 Å². The molecule has 2 heterocycles. The van der Waals surface area contributed by atoms with Crippen LogP contribution in [0.15, 0.2) is 36.7 Å². The fourth-order valence-corrected chi connectivity index (χ4v) is 3.48. The summed E-state index contributed by atoms with van der Waals surface area (Å²) >= 11 is 0. The molecule has 1 amide bonds. The van der Waals surface area contributed by atoms with Crippen LogP contribution < -0.4 is 10.6 Å². The minimum atomic E-state index is -0.414. The molecule has 1 atom stereocenters. The van der Waals surface area contributed by atoms with Crippen molar-refractivity contribution in [2.75, 3.05) is 32.0 Å². The number of piperidine rings is 1. The molecule has 1 fully saturated rings. The van der Waals surface area contributed by atoms with Gasteiger partial charge in [-0.05, 0) is 57.1 Å². The highest BCUT2D eigenvalue weighted by atomic mass is 16.2. The summed E-state index contributed by atoms with van der Waals surface area (Å²) in [5.41, 5.74) is 2.98. The number of anilines is 1. The smallest absolute Gasteiger partial charge is 0.246 e. The molecule has 140 valence electrons. The molecule has 0 saturated carbocycles. The van der Waals surface area contributed by atoms with Crippen molar-refractivity contribution in [2.24, 2.45) is 7.05 Å². The first-order valence-corrected chi connectivity index (χ1v) is 9.43. The second-order valence-corrected chi connectivity index (χ2v) is 7.01. The van der Waals surface area contributed by atoms with E-state index in [1.54, 1.807) is 17.9 Å². The predicted molar refractivity (Wildman–Crippen MR) is 104 cm³/mol. The van der Waals surface area contributed by atoms with Crippen LogP contribution in [0, 0.1) is 0 Å². The second kappa shape index (κ2) is 8.96. The van der Waals surface area contributed by atoms with E-state index < -0.39 is 6.04 Å². The number of hydrogen-bond donors (Lipinski definition) is 2. The second-order valence-electron chi connectivity index (χ2n) is 7.01. The van der Waals surface area contributed by atoms with Gasteiger partial charge in [-0.25, -0.2) is 0 Å². The molecular formula is C20H29N5O. The molecular weight excluding hydrogens is 326 g/mol. The van der Waals surface area contributed by atoms with Gasteiger partial charge in [0.1, 0.15) is 6.04 Å². The van der Waals surface area contributed by atoms with Crippen molar-refractivity contribution in [2.45, 2.75) is 31.7 Å². The van der Waals surface area contributed by atoms with Crippen molar-refractivity contribution in [3.8, 4) is 0 Å². The number of nitrogens with one attached hydrogen (secondary N) is 2. The largest absolute Gasteiger partial charge is 0.324 e. The van der Waals surface area contributed by atoms with Crippen molar-refractivity contribution in [3.63, 3.8) is 0 Å². The molecule has 1 aromatic carbocycles. The third-order valence-corrected chi connectivity index (χ3v) is 5.00. The van der Waals surface area contributed by atoms with Gasteiger partial charge >= 0.3 is 0 Å². The Hall–Kier alpha value is -2.18. The Balaban J connectivity index is 1.53. The molecule has 6 heteroatoms. The van der Waals surface area contributed by atoms with Crippen LogP contribution in [0.25, 0.3) is 0 Å². The highest BCUT2D eigenvalue weighted by Gasteiger charge is 2.20. The van der Waals surface area contributed by atoms with Gasteiger partial charge in [-0.2, -0.15) is 5.10 Å². The van der Waals surface area contributed by atoms with Gasteiger partial charge in [0.05, 0.1) is 6.20 Å². The lowest BCUT2D eigenvalue weighted by molar-refractivity contribution is -0.118. The number of hydrogen-bond acceptors (Lipinski definition) is 4. The molecule has 3 rings (SSSR count). The Bertz CT molecular complexity index is 703. The number of carbonyl (C=O) groups excluding carboxylic acids is 1. The Morgan fingerprint density at radius 2 is 1.92 bits per heavy atom. The zero-order valence-corrected chi connectivity index (χ0v) is 15.7. The van der Waals surface area contributed by atoms with Crippen LogP contribution in [0.2, 0.25) is 0 Å². The molecule has 0 radical (unpaired) electrons. The van der Waals surface area contributed by atoms with Crippen LogP contribution in [0.3, 0.4) is 0 Å².